The zero-order valence-electron chi connectivity index (χ0n) is 6.06. The van der Waals surface area contributed by atoms with Gasteiger partial charge in [-0.05, 0) is 6.07 Å². The van der Waals surface area contributed by atoms with Crippen molar-refractivity contribution >= 4 is 23.2 Å². The maximum absolute atomic E-state index is 12.2. The smallest absolute Gasteiger partial charge is 0.232 e. The van der Waals surface area contributed by atoms with Gasteiger partial charge in [-0.3, -0.25) is 0 Å². The molecule has 0 aliphatic carbocycles. The predicted octanol–water partition coefficient (Wildman–Crippen LogP) is 3.20. The SMILES string of the molecule is N#Cc1cc(Cl)c(C(F)F)nc1Cl. The number of hydrogen-bond acceptors (Lipinski definition) is 2. The molecule has 1 aromatic heterocycles. The minimum absolute atomic E-state index is 0.0175. The first kappa shape index (κ1) is 10.2. The summed E-state index contributed by atoms with van der Waals surface area (Å²) < 4.78 is 24.3. The van der Waals surface area contributed by atoms with Crippen LogP contribution in [0.1, 0.15) is 17.7 Å². The summed E-state index contributed by atoms with van der Waals surface area (Å²) in [5.74, 6) is 0. The van der Waals surface area contributed by atoms with Crippen molar-refractivity contribution < 1.29 is 8.78 Å². The van der Waals surface area contributed by atoms with E-state index < -0.39 is 12.1 Å². The van der Waals surface area contributed by atoms with Crippen LogP contribution in [0.4, 0.5) is 8.78 Å². The summed E-state index contributed by atoms with van der Waals surface area (Å²) in [5.41, 5.74) is -0.623. The van der Waals surface area contributed by atoms with E-state index in [2.05, 4.69) is 4.98 Å². The van der Waals surface area contributed by atoms with Crippen molar-refractivity contribution in [3.63, 3.8) is 0 Å². The fourth-order valence-corrected chi connectivity index (χ4v) is 1.13. The number of aromatic nitrogens is 1. The van der Waals surface area contributed by atoms with Crippen LogP contribution >= 0.6 is 23.2 Å². The van der Waals surface area contributed by atoms with E-state index in [-0.39, 0.29) is 15.7 Å². The molecule has 0 aliphatic rings. The van der Waals surface area contributed by atoms with E-state index in [1.54, 1.807) is 6.07 Å². The quantitative estimate of drug-likeness (QED) is 0.685. The predicted molar refractivity (Wildman–Crippen MR) is 43.9 cm³/mol. The molecule has 6 heteroatoms. The lowest BCUT2D eigenvalue weighted by Crippen LogP contribution is -1.94. The topological polar surface area (TPSA) is 36.7 Å². The highest BCUT2D eigenvalue weighted by Gasteiger charge is 2.16. The molecule has 0 aromatic carbocycles. The van der Waals surface area contributed by atoms with E-state index in [4.69, 9.17) is 28.5 Å². The minimum Gasteiger partial charge on any atom is -0.232 e. The van der Waals surface area contributed by atoms with Crippen molar-refractivity contribution in [2.24, 2.45) is 0 Å². The van der Waals surface area contributed by atoms with Gasteiger partial charge in [-0.1, -0.05) is 23.2 Å². The molecule has 1 rings (SSSR count). The Labute approximate surface area is 82.7 Å². The summed E-state index contributed by atoms with van der Waals surface area (Å²) in [5, 5.41) is 7.94. The molecule has 0 atom stereocenters. The van der Waals surface area contributed by atoms with Crippen molar-refractivity contribution in [1.82, 2.24) is 4.98 Å². The van der Waals surface area contributed by atoms with Crippen LogP contribution in [0.2, 0.25) is 10.2 Å². The van der Waals surface area contributed by atoms with Gasteiger partial charge in [-0.25, -0.2) is 13.8 Å². The minimum atomic E-state index is -2.79. The van der Waals surface area contributed by atoms with Gasteiger partial charge in [0.15, 0.2) is 0 Å². The molecule has 0 bridgehead atoms. The monoisotopic (exact) mass is 222 g/mol. The van der Waals surface area contributed by atoms with Crippen LogP contribution in [0.5, 0.6) is 0 Å². The van der Waals surface area contributed by atoms with Crippen LogP contribution in [0, 0.1) is 11.3 Å². The highest BCUT2D eigenvalue weighted by atomic mass is 35.5. The number of nitriles is 1. The molecule has 0 amide bonds. The Balaban J connectivity index is 3.31. The van der Waals surface area contributed by atoms with E-state index in [9.17, 15) is 8.78 Å². The molecule has 0 unspecified atom stereocenters. The van der Waals surface area contributed by atoms with Crippen molar-refractivity contribution in [2.45, 2.75) is 6.43 Å². The molecule has 2 nitrogen and oxygen atoms in total. The van der Waals surface area contributed by atoms with Gasteiger partial charge < -0.3 is 0 Å². The number of nitrogens with zero attached hydrogens (tertiary/aromatic N) is 2. The number of halogens is 4. The number of pyridine rings is 1. The summed E-state index contributed by atoms with van der Waals surface area (Å²) in [6.07, 6.45) is -2.79. The van der Waals surface area contributed by atoms with Gasteiger partial charge in [0.2, 0.25) is 0 Å². The Kier molecular flexibility index (Phi) is 3.02. The lowest BCUT2D eigenvalue weighted by Gasteiger charge is -2.02. The summed E-state index contributed by atoms with van der Waals surface area (Å²) in [4.78, 5) is 3.30. The fourth-order valence-electron chi connectivity index (χ4n) is 0.711. The number of alkyl halides is 2. The molecule has 0 radical (unpaired) electrons. The normalized spacial score (nSPS) is 10.2. The molecule has 0 saturated carbocycles. The molecule has 0 aliphatic heterocycles. The van der Waals surface area contributed by atoms with Gasteiger partial charge in [0, 0.05) is 0 Å². The summed E-state index contributed by atoms with van der Waals surface area (Å²) in [6.45, 7) is 0. The second-order valence-corrected chi connectivity index (χ2v) is 2.87. The average Bonchev–Trinajstić information content (AvgIpc) is 2.07. The highest BCUT2D eigenvalue weighted by molar-refractivity contribution is 6.33. The second kappa shape index (κ2) is 3.86. The van der Waals surface area contributed by atoms with E-state index in [0.29, 0.717) is 0 Å². The lowest BCUT2D eigenvalue weighted by molar-refractivity contribution is 0.146. The van der Waals surface area contributed by atoms with Crippen molar-refractivity contribution in [2.75, 3.05) is 0 Å². The van der Waals surface area contributed by atoms with Gasteiger partial charge in [0.25, 0.3) is 6.43 Å². The maximum atomic E-state index is 12.2. The molecule has 0 spiro atoms. The Morgan fingerprint density at radius 2 is 2.08 bits per heavy atom. The zero-order chi connectivity index (χ0) is 10.0. The highest BCUT2D eigenvalue weighted by Crippen LogP contribution is 2.28. The van der Waals surface area contributed by atoms with Crippen molar-refractivity contribution in [3.8, 4) is 6.07 Å². The molecule has 1 aromatic rings. The third-order valence-electron chi connectivity index (χ3n) is 1.28. The van der Waals surface area contributed by atoms with Crippen LogP contribution in [0.25, 0.3) is 0 Å². The largest absolute Gasteiger partial charge is 0.281 e. The third kappa shape index (κ3) is 2.06. The standard InChI is InChI=1S/C7H2Cl2F2N2/c8-4-1-3(2-12)6(9)13-5(4)7(10)11/h1,7H. The number of hydrogen-bond donors (Lipinski definition) is 0. The Morgan fingerprint density at radius 1 is 1.46 bits per heavy atom. The second-order valence-electron chi connectivity index (χ2n) is 2.11. The molecule has 0 saturated heterocycles. The molecular weight excluding hydrogens is 221 g/mol. The van der Waals surface area contributed by atoms with E-state index in [1.807, 2.05) is 0 Å². The number of rotatable bonds is 1. The van der Waals surface area contributed by atoms with Crippen LogP contribution in [-0.2, 0) is 0 Å². The Morgan fingerprint density at radius 3 is 2.54 bits per heavy atom. The first-order valence-electron chi connectivity index (χ1n) is 3.10. The summed E-state index contributed by atoms with van der Waals surface area (Å²) in [7, 11) is 0. The molecular formula is C7H2Cl2F2N2. The van der Waals surface area contributed by atoms with Crippen LogP contribution in [-0.4, -0.2) is 4.98 Å². The molecule has 0 N–H and O–H groups in total. The van der Waals surface area contributed by atoms with E-state index in [0.717, 1.165) is 6.07 Å². The van der Waals surface area contributed by atoms with Gasteiger partial charge in [0.05, 0.1) is 10.6 Å². The molecule has 68 valence electrons. The van der Waals surface area contributed by atoms with Gasteiger partial charge >= 0.3 is 0 Å². The van der Waals surface area contributed by atoms with Crippen LogP contribution in [0.3, 0.4) is 0 Å². The van der Waals surface area contributed by atoms with Crippen molar-refractivity contribution in [3.05, 3.63) is 27.5 Å². The Bertz CT molecular complexity index is 373. The summed E-state index contributed by atoms with van der Waals surface area (Å²) >= 11 is 10.8. The van der Waals surface area contributed by atoms with Gasteiger partial charge in [-0.2, -0.15) is 5.26 Å². The molecule has 13 heavy (non-hydrogen) atoms. The zero-order valence-corrected chi connectivity index (χ0v) is 7.57. The van der Waals surface area contributed by atoms with Crippen molar-refractivity contribution in [1.29, 1.82) is 5.26 Å². The summed E-state index contributed by atoms with van der Waals surface area (Å²) in [6, 6.07) is 2.75. The lowest BCUT2D eigenvalue weighted by atomic mass is 10.2. The van der Waals surface area contributed by atoms with Gasteiger partial charge in [-0.15, -0.1) is 0 Å². The maximum Gasteiger partial charge on any atom is 0.281 e. The van der Waals surface area contributed by atoms with Crippen LogP contribution < -0.4 is 0 Å². The van der Waals surface area contributed by atoms with Crippen LogP contribution in [0.15, 0.2) is 6.07 Å². The molecule has 1 heterocycles. The Hall–Kier alpha value is -0.920. The third-order valence-corrected chi connectivity index (χ3v) is 1.87. The first-order chi connectivity index (χ1) is 6.06. The van der Waals surface area contributed by atoms with E-state index in [1.165, 1.54) is 0 Å². The first-order valence-corrected chi connectivity index (χ1v) is 3.86. The van der Waals surface area contributed by atoms with Gasteiger partial charge in [0.1, 0.15) is 16.9 Å². The average molecular weight is 223 g/mol. The van der Waals surface area contributed by atoms with E-state index >= 15 is 0 Å². The molecule has 0 fully saturated rings. The fraction of sp³-hybridized carbons (Fsp3) is 0.143.